The summed E-state index contributed by atoms with van der Waals surface area (Å²) in [4.78, 5) is 17.1. The van der Waals surface area contributed by atoms with Gasteiger partial charge in [-0.15, -0.1) is 0 Å². The van der Waals surface area contributed by atoms with Gasteiger partial charge in [0.1, 0.15) is 5.70 Å². The summed E-state index contributed by atoms with van der Waals surface area (Å²) < 4.78 is 27.7. The van der Waals surface area contributed by atoms with Crippen molar-refractivity contribution in [2.45, 2.75) is 11.4 Å². The van der Waals surface area contributed by atoms with Gasteiger partial charge in [-0.3, -0.25) is 14.1 Å². The molecule has 0 radical (unpaired) electrons. The van der Waals surface area contributed by atoms with Gasteiger partial charge in [0.05, 0.1) is 11.4 Å². The van der Waals surface area contributed by atoms with Crippen LogP contribution in [0.25, 0.3) is 6.08 Å². The summed E-state index contributed by atoms with van der Waals surface area (Å²) in [5.41, 5.74) is 1.84. The lowest BCUT2D eigenvalue weighted by Crippen LogP contribution is -2.38. The molecule has 1 aromatic heterocycles. The molecule has 27 heavy (non-hydrogen) atoms. The normalized spacial score (nSPS) is 17.0. The van der Waals surface area contributed by atoms with E-state index in [9.17, 15) is 13.2 Å². The molecule has 0 bridgehead atoms. The molecule has 0 unspecified atom stereocenters. The first kappa shape index (κ1) is 17.2. The lowest BCUT2D eigenvalue weighted by molar-refractivity contribution is 0.100. The number of Topliss-reactive ketones (excluding diaryl/α,β-unsaturated/α-hetero) is 1. The zero-order valence-corrected chi connectivity index (χ0v) is 15.1. The summed E-state index contributed by atoms with van der Waals surface area (Å²) in [7, 11) is -3.86. The maximum atomic E-state index is 13.3. The molecule has 0 N–H and O–H groups in total. The van der Waals surface area contributed by atoms with Gasteiger partial charge in [-0.1, -0.05) is 42.5 Å². The molecule has 0 amide bonds. The summed E-state index contributed by atoms with van der Waals surface area (Å²) in [6.07, 6.45) is 4.82. The number of aromatic nitrogens is 1. The fraction of sp³-hybridized carbons (Fsp3) is 0.0476. The highest BCUT2D eigenvalue weighted by Crippen LogP contribution is 2.34. The molecule has 4 rings (SSSR count). The Morgan fingerprint density at radius 2 is 1.56 bits per heavy atom. The van der Waals surface area contributed by atoms with Crippen LogP contribution in [-0.2, 0) is 16.6 Å². The van der Waals surface area contributed by atoms with Crippen molar-refractivity contribution in [2.75, 3.05) is 0 Å². The largest absolute Gasteiger partial charge is 0.287 e. The molecule has 0 saturated carbocycles. The minimum absolute atomic E-state index is 0.0364. The van der Waals surface area contributed by atoms with Crippen LogP contribution in [0, 0.1) is 0 Å². The number of carbonyl (C=O) groups excluding carboxylic acids is 1. The number of hydrogen-bond donors (Lipinski definition) is 0. The SMILES string of the molecule is O=C1C(=Cc2ccccc2)N(Cc2ccncc2)S(=O)(=O)c2ccccc21. The molecule has 1 aliphatic heterocycles. The maximum absolute atomic E-state index is 13.3. The van der Waals surface area contributed by atoms with E-state index in [2.05, 4.69) is 4.98 Å². The zero-order valence-electron chi connectivity index (χ0n) is 14.3. The molecule has 0 spiro atoms. The molecule has 0 fully saturated rings. The molecule has 2 aromatic carbocycles. The monoisotopic (exact) mass is 376 g/mol. The van der Waals surface area contributed by atoms with E-state index in [1.54, 1.807) is 48.8 Å². The minimum Gasteiger partial charge on any atom is -0.287 e. The van der Waals surface area contributed by atoms with Gasteiger partial charge in [0.2, 0.25) is 5.78 Å². The van der Waals surface area contributed by atoms with E-state index in [4.69, 9.17) is 0 Å². The summed E-state index contributed by atoms with van der Waals surface area (Å²) in [6.45, 7) is 0.0591. The average Bonchev–Trinajstić information content (AvgIpc) is 2.71. The van der Waals surface area contributed by atoms with E-state index < -0.39 is 10.0 Å². The number of benzene rings is 2. The van der Waals surface area contributed by atoms with Crippen LogP contribution in [0.2, 0.25) is 0 Å². The number of ketones is 1. The van der Waals surface area contributed by atoms with Crippen LogP contribution in [0.1, 0.15) is 21.5 Å². The van der Waals surface area contributed by atoms with Gasteiger partial charge in [-0.05, 0) is 41.5 Å². The molecule has 0 saturated heterocycles. The quantitative estimate of drug-likeness (QED) is 0.656. The van der Waals surface area contributed by atoms with E-state index in [1.165, 1.54) is 10.4 Å². The first-order valence-electron chi connectivity index (χ1n) is 8.39. The average molecular weight is 376 g/mol. The van der Waals surface area contributed by atoms with Crippen LogP contribution in [0.4, 0.5) is 0 Å². The van der Waals surface area contributed by atoms with Crippen LogP contribution in [0.15, 0.2) is 89.7 Å². The van der Waals surface area contributed by atoms with Crippen molar-refractivity contribution in [3.8, 4) is 0 Å². The Balaban J connectivity index is 1.91. The lowest BCUT2D eigenvalue weighted by Gasteiger charge is -2.31. The molecule has 1 aliphatic rings. The Morgan fingerprint density at radius 1 is 0.889 bits per heavy atom. The molecular formula is C21H16N2O3S. The molecule has 2 heterocycles. The number of pyridine rings is 1. The second kappa shape index (κ2) is 6.81. The van der Waals surface area contributed by atoms with Gasteiger partial charge in [0, 0.05) is 18.0 Å². The third-order valence-corrected chi connectivity index (χ3v) is 6.20. The van der Waals surface area contributed by atoms with E-state index in [0.717, 1.165) is 11.1 Å². The predicted molar refractivity (Wildman–Crippen MR) is 102 cm³/mol. The van der Waals surface area contributed by atoms with Crippen molar-refractivity contribution in [2.24, 2.45) is 0 Å². The zero-order chi connectivity index (χ0) is 18.9. The number of nitrogens with zero attached hydrogens (tertiary/aromatic N) is 2. The molecule has 134 valence electrons. The predicted octanol–water partition coefficient (Wildman–Crippen LogP) is 3.51. The Morgan fingerprint density at radius 3 is 2.30 bits per heavy atom. The fourth-order valence-corrected chi connectivity index (χ4v) is 4.69. The van der Waals surface area contributed by atoms with Crippen LogP contribution < -0.4 is 0 Å². The summed E-state index contributed by atoms with van der Waals surface area (Å²) in [5.74, 6) is -0.307. The molecule has 0 atom stereocenters. The first-order valence-corrected chi connectivity index (χ1v) is 9.83. The van der Waals surface area contributed by atoms with E-state index in [-0.39, 0.29) is 28.5 Å². The van der Waals surface area contributed by atoms with E-state index in [1.807, 2.05) is 30.3 Å². The number of allylic oxidation sites excluding steroid dienone is 1. The number of rotatable bonds is 3. The Labute approximate surface area is 157 Å². The van der Waals surface area contributed by atoms with Crippen molar-refractivity contribution in [1.82, 2.24) is 9.29 Å². The van der Waals surface area contributed by atoms with E-state index in [0.29, 0.717) is 0 Å². The highest BCUT2D eigenvalue weighted by atomic mass is 32.2. The number of carbonyl (C=O) groups is 1. The van der Waals surface area contributed by atoms with Crippen LogP contribution in [0.5, 0.6) is 0 Å². The van der Waals surface area contributed by atoms with Crippen molar-refractivity contribution < 1.29 is 13.2 Å². The van der Waals surface area contributed by atoms with Gasteiger partial charge < -0.3 is 0 Å². The van der Waals surface area contributed by atoms with Crippen molar-refractivity contribution in [1.29, 1.82) is 0 Å². The Bertz CT molecular complexity index is 1120. The van der Waals surface area contributed by atoms with E-state index >= 15 is 0 Å². The topological polar surface area (TPSA) is 67.3 Å². The number of sulfonamides is 1. The summed E-state index contributed by atoms with van der Waals surface area (Å²) in [5, 5.41) is 0. The molecule has 5 nitrogen and oxygen atoms in total. The van der Waals surface area contributed by atoms with Gasteiger partial charge in [-0.25, -0.2) is 8.42 Å². The second-order valence-electron chi connectivity index (χ2n) is 6.13. The van der Waals surface area contributed by atoms with Crippen LogP contribution in [0.3, 0.4) is 0 Å². The molecule has 6 heteroatoms. The standard InChI is InChI=1S/C21H16N2O3S/c24-21-18-8-4-5-9-20(18)27(25,26)23(15-17-10-12-22-13-11-17)19(21)14-16-6-2-1-3-7-16/h1-14H,15H2. The number of fused-ring (bicyclic) bond motifs is 1. The maximum Gasteiger partial charge on any atom is 0.265 e. The fourth-order valence-electron chi connectivity index (χ4n) is 3.05. The Hall–Kier alpha value is -3.25. The van der Waals surface area contributed by atoms with Gasteiger partial charge >= 0.3 is 0 Å². The third kappa shape index (κ3) is 3.15. The van der Waals surface area contributed by atoms with Crippen LogP contribution in [-0.4, -0.2) is 23.5 Å². The highest BCUT2D eigenvalue weighted by molar-refractivity contribution is 7.89. The van der Waals surface area contributed by atoms with Crippen molar-refractivity contribution in [3.05, 3.63) is 102 Å². The lowest BCUT2D eigenvalue weighted by atomic mass is 10.0. The molecular weight excluding hydrogens is 360 g/mol. The smallest absolute Gasteiger partial charge is 0.265 e. The molecule has 0 aliphatic carbocycles. The van der Waals surface area contributed by atoms with Crippen molar-refractivity contribution in [3.63, 3.8) is 0 Å². The summed E-state index contributed by atoms with van der Waals surface area (Å²) in [6, 6.07) is 19.0. The second-order valence-corrected chi connectivity index (χ2v) is 7.96. The highest BCUT2D eigenvalue weighted by Gasteiger charge is 2.39. The third-order valence-electron chi connectivity index (χ3n) is 4.38. The summed E-state index contributed by atoms with van der Waals surface area (Å²) >= 11 is 0. The molecule has 3 aromatic rings. The Kier molecular flexibility index (Phi) is 4.33. The van der Waals surface area contributed by atoms with Gasteiger partial charge in [0.25, 0.3) is 10.0 Å². The minimum atomic E-state index is -3.86. The van der Waals surface area contributed by atoms with Gasteiger partial charge in [-0.2, -0.15) is 0 Å². The number of hydrogen-bond acceptors (Lipinski definition) is 4. The van der Waals surface area contributed by atoms with Crippen LogP contribution >= 0.6 is 0 Å². The van der Waals surface area contributed by atoms with Crippen molar-refractivity contribution >= 4 is 21.9 Å². The van der Waals surface area contributed by atoms with Gasteiger partial charge in [0.15, 0.2) is 0 Å². The first-order chi connectivity index (χ1) is 13.1.